The topological polar surface area (TPSA) is 73.1 Å². The van der Waals surface area contributed by atoms with E-state index in [1.54, 1.807) is 30.3 Å². The van der Waals surface area contributed by atoms with E-state index in [1.807, 2.05) is 19.9 Å². The van der Waals surface area contributed by atoms with Crippen LogP contribution in [-0.4, -0.2) is 23.7 Å². The Morgan fingerprint density at radius 2 is 2.05 bits per heavy atom. The molecular weight excluding hydrogens is 252 g/mol. The Hall–Kier alpha value is -2.12. The molecule has 0 spiro atoms. The first-order chi connectivity index (χ1) is 9.56. The lowest BCUT2D eigenvalue weighted by Gasteiger charge is -2.20. The highest BCUT2D eigenvalue weighted by Gasteiger charge is 2.13. The van der Waals surface area contributed by atoms with E-state index >= 15 is 0 Å². The van der Waals surface area contributed by atoms with Gasteiger partial charge >= 0.3 is 0 Å². The van der Waals surface area contributed by atoms with E-state index in [0.29, 0.717) is 12.0 Å². The van der Waals surface area contributed by atoms with Crippen LogP contribution >= 0.6 is 0 Å². The van der Waals surface area contributed by atoms with Crippen molar-refractivity contribution in [3.63, 3.8) is 0 Å². The van der Waals surface area contributed by atoms with Crippen molar-refractivity contribution in [2.24, 2.45) is 5.92 Å². The van der Waals surface area contributed by atoms with E-state index in [2.05, 4.69) is 5.32 Å². The van der Waals surface area contributed by atoms with Gasteiger partial charge in [-0.15, -0.1) is 0 Å². The molecule has 0 aliphatic rings. The van der Waals surface area contributed by atoms with Gasteiger partial charge in [0.15, 0.2) is 0 Å². The van der Waals surface area contributed by atoms with Crippen LogP contribution in [0.5, 0.6) is 0 Å². The summed E-state index contributed by atoms with van der Waals surface area (Å²) in [7, 11) is 0. The molecule has 1 aromatic rings. The number of nitrogens with zero attached hydrogens (tertiary/aromatic N) is 1. The van der Waals surface area contributed by atoms with E-state index in [1.165, 1.54) is 6.08 Å². The Labute approximate surface area is 119 Å². The fraction of sp³-hybridized carbons (Fsp3) is 0.375. The molecule has 4 nitrogen and oxygen atoms in total. The van der Waals surface area contributed by atoms with Gasteiger partial charge in [-0.2, -0.15) is 5.26 Å². The number of aliphatic hydroxyl groups excluding tert-OH is 1. The summed E-state index contributed by atoms with van der Waals surface area (Å²) in [5.41, 5.74) is 1.46. The van der Waals surface area contributed by atoms with Gasteiger partial charge in [-0.3, -0.25) is 4.79 Å². The molecule has 0 aliphatic heterocycles. The molecule has 0 aliphatic carbocycles. The maximum Gasteiger partial charge on any atom is 0.244 e. The van der Waals surface area contributed by atoms with Gasteiger partial charge in [0.25, 0.3) is 0 Å². The number of carbonyl (C=O) groups excluding carboxylic acids is 1. The molecule has 106 valence electrons. The molecule has 1 atom stereocenters. The quantitative estimate of drug-likeness (QED) is 0.779. The van der Waals surface area contributed by atoms with Gasteiger partial charge in [-0.25, -0.2) is 0 Å². The highest BCUT2D eigenvalue weighted by molar-refractivity contribution is 5.91. The molecule has 0 fully saturated rings. The summed E-state index contributed by atoms with van der Waals surface area (Å²) in [6.45, 7) is 4.07. The summed E-state index contributed by atoms with van der Waals surface area (Å²) in [6, 6.07) is 9.01. The predicted molar refractivity (Wildman–Crippen MR) is 78.7 cm³/mol. The molecule has 0 bridgehead atoms. The van der Waals surface area contributed by atoms with Crippen molar-refractivity contribution in [2.45, 2.75) is 26.3 Å². The monoisotopic (exact) mass is 272 g/mol. The number of aliphatic hydroxyl groups is 1. The van der Waals surface area contributed by atoms with Crippen LogP contribution in [0.3, 0.4) is 0 Å². The molecule has 0 heterocycles. The first-order valence-corrected chi connectivity index (χ1v) is 6.66. The van der Waals surface area contributed by atoms with Crippen LogP contribution in [0.1, 0.15) is 31.4 Å². The molecule has 0 aromatic heterocycles. The van der Waals surface area contributed by atoms with Gasteiger partial charge in [0, 0.05) is 18.7 Å². The minimum atomic E-state index is -0.179. The maximum absolute atomic E-state index is 11.8. The fourth-order valence-corrected chi connectivity index (χ4v) is 1.78. The third-order valence-corrected chi connectivity index (χ3v) is 3.04. The molecule has 1 rings (SSSR count). The van der Waals surface area contributed by atoms with Crippen molar-refractivity contribution in [1.82, 2.24) is 5.32 Å². The van der Waals surface area contributed by atoms with E-state index in [-0.39, 0.29) is 24.5 Å². The second-order valence-corrected chi connectivity index (χ2v) is 4.94. The lowest BCUT2D eigenvalue weighted by atomic mass is 10.0. The smallest absolute Gasteiger partial charge is 0.244 e. The number of hydrogen-bond donors (Lipinski definition) is 2. The Balaban J connectivity index is 2.60. The van der Waals surface area contributed by atoms with Crippen molar-refractivity contribution in [1.29, 1.82) is 5.26 Å². The number of benzene rings is 1. The maximum atomic E-state index is 11.8. The molecule has 2 N–H and O–H groups in total. The summed E-state index contributed by atoms with van der Waals surface area (Å²) in [5, 5.41) is 20.5. The average molecular weight is 272 g/mol. The Bertz CT molecular complexity index is 498. The summed E-state index contributed by atoms with van der Waals surface area (Å²) >= 11 is 0. The first kappa shape index (κ1) is 15.9. The molecule has 4 heteroatoms. The van der Waals surface area contributed by atoms with Gasteiger partial charge < -0.3 is 10.4 Å². The van der Waals surface area contributed by atoms with E-state index in [4.69, 9.17) is 10.4 Å². The van der Waals surface area contributed by atoms with Crippen molar-refractivity contribution in [2.75, 3.05) is 6.61 Å². The van der Waals surface area contributed by atoms with Gasteiger partial charge in [-0.05, 0) is 36.1 Å². The largest absolute Gasteiger partial charge is 0.396 e. The van der Waals surface area contributed by atoms with Crippen LogP contribution in [0, 0.1) is 17.2 Å². The minimum Gasteiger partial charge on any atom is -0.396 e. The predicted octanol–water partition coefficient (Wildman–Crippen LogP) is 2.09. The third-order valence-electron chi connectivity index (χ3n) is 3.04. The van der Waals surface area contributed by atoms with Crippen LogP contribution in [0.15, 0.2) is 30.3 Å². The van der Waals surface area contributed by atoms with Crippen LogP contribution in [0.4, 0.5) is 0 Å². The fourth-order valence-electron chi connectivity index (χ4n) is 1.78. The number of rotatable bonds is 6. The van der Waals surface area contributed by atoms with Gasteiger partial charge in [0.1, 0.15) is 0 Å². The van der Waals surface area contributed by atoms with Gasteiger partial charge in [-0.1, -0.05) is 26.0 Å². The number of amides is 1. The Morgan fingerprint density at radius 1 is 1.40 bits per heavy atom. The Morgan fingerprint density at radius 3 is 2.55 bits per heavy atom. The van der Waals surface area contributed by atoms with E-state index < -0.39 is 0 Å². The van der Waals surface area contributed by atoms with E-state index in [0.717, 1.165) is 5.56 Å². The molecule has 1 aromatic carbocycles. The lowest BCUT2D eigenvalue weighted by molar-refractivity contribution is -0.117. The standard InChI is InChI=1S/C16H20N2O2/c1-12(2)15(9-10-19)18-16(20)8-7-13-3-5-14(11-17)6-4-13/h3-8,12,15,19H,9-10H2,1-2H3,(H,18,20)/b8-7+. The number of nitriles is 1. The Kier molecular flexibility index (Phi) is 6.48. The first-order valence-electron chi connectivity index (χ1n) is 6.66. The summed E-state index contributed by atoms with van der Waals surface area (Å²) in [4.78, 5) is 11.8. The third kappa shape index (κ3) is 5.25. The summed E-state index contributed by atoms with van der Waals surface area (Å²) < 4.78 is 0. The number of nitrogens with one attached hydrogen (secondary N) is 1. The van der Waals surface area contributed by atoms with Crippen molar-refractivity contribution in [3.05, 3.63) is 41.5 Å². The molecule has 0 radical (unpaired) electrons. The normalized spacial score (nSPS) is 12.3. The molecule has 0 saturated carbocycles. The second kappa shape index (κ2) is 8.13. The average Bonchev–Trinajstić information content (AvgIpc) is 2.45. The molecule has 0 saturated heterocycles. The molecule has 20 heavy (non-hydrogen) atoms. The zero-order valence-electron chi connectivity index (χ0n) is 11.8. The van der Waals surface area contributed by atoms with Crippen LogP contribution < -0.4 is 5.32 Å². The van der Waals surface area contributed by atoms with Crippen molar-refractivity contribution in [3.8, 4) is 6.07 Å². The van der Waals surface area contributed by atoms with Crippen molar-refractivity contribution >= 4 is 12.0 Å². The van der Waals surface area contributed by atoms with Crippen LogP contribution in [0.2, 0.25) is 0 Å². The van der Waals surface area contributed by atoms with Crippen LogP contribution in [0.25, 0.3) is 6.08 Å². The highest BCUT2D eigenvalue weighted by Crippen LogP contribution is 2.07. The molecule has 1 amide bonds. The lowest BCUT2D eigenvalue weighted by Crippen LogP contribution is -2.38. The molecular formula is C16H20N2O2. The zero-order chi connectivity index (χ0) is 15.0. The van der Waals surface area contributed by atoms with Crippen LogP contribution in [-0.2, 0) is 4.79 Å². The SMILES string of the molecule is CC(C)C(CCO)NC(=O)/C=C/c1ccc(C#N)cc1. The number of hydrogen-bond acceptors (Lipinski definition) is 3. The number of carbonyl (C=O) groups is 1. The molecule has 1 unspecified atom stereocenters. The van der Waals surface area contributed by atoms with E-state index in [9.17, 15) is 4.79 Å². The van der Waals surface area contributed by atoms with Gasteiger partial charge in [0.05, 0.1) is 11.6 Å². The summed E-state index contributed by atoms with van der Waals surface area (Å²) in [6.07, 6.45) is 3.72. The highest BCUT2D eigenvalue weighted by atomic mass is 16.3. The van der Waals surface area contributed by atoms with Gasteiger partial charge in [0.2, 0.25) is 5.91 Å². The second-order valence-electron chi connectivity index (χ2n) is 4.94. The van der Waals surface area contributed by atoms with Crippen molar-refractivity contribution < 1.29 is 9.90 Å². The zero-order valence-corrected chi connectivity index (χ0v) is 11.8. The summed E-state index contributed by atoms with van der Waals surface area (Å²) in [5.74, 6) is 0.0934. The minimum absolute atomic E-state index is 0.0295.